The molecule has 0 aliphatic carbocycles. The van der Waals surface area contributed by atoms with Gasteiger partial charge in [-0.1, -0.05) is 18.2 Å². The van der Waals surface area contributed by atoms with Crippen LogP contribution in [-0.2, 0) is 11.2 Å². The van der Waals surface area contributed by atoms with Gasteiger partial charge in [0.25, 0.3) is 0 Å². The Morgan fingerprint density at radius 3 is 2.76 bits per heavy atom. The zero-order valence-corrected chi connectivity index (χ0v) is 18.5. The molecule has 9 nitrogen and oxygen atoms in total. The van der Waals surface area contributed by atoms with Crippen LogP contribution < -0.4 is 19.7 Å². The molecule has 0 saturated carbocycles. The molecule has 33 heavy (non-hydrogen) atoms. The van der Waals surface area contributed by atoms with Crippen LogP contribution in [0.5, 0.6) is 11.5 Å². The molecule has 0 spiro atoms. The molecule has 3 aromatic rings. The summed E-state index contributed by atoms with van der Waals surface area (Å²) < 4.78 is 12.0. The normalized spacial score (nSPS) is 15.7. The van der Waals surface area contributed by atoms with E-state index in [2.05, 4.69) is 25.2 Å². The fourth-order valence-electron chi connectivity index (χ4n) is 3.72. The van der Waals surface area contributed by atoms with Crippen molar-refractivity contribution in [2.75, 3.05) is 29.9 Å². The number of para-hydroxylation sites is 2. The van der Waals surface area contributed by atoms with Crippen LogP contribution in [0, 0.1) is 0 Å². The van der Waals surface area contributed by atoms with Crippen LogP contribution in [0.3, 0.4) is 0 Å². The summed E-state index contributed by atoms with van der Waals surface area (Å²) in [5.41, 5.74) is 0.637. The third-order valence-electron chi connectivity index (χ3n) is 5.20. The van der Waals surface area contributed by atoms with Crippen LogP contribution in [0.4, 0.5) is 17.5 Å². The molecule has 1 saturated heterocycles. The van der Waals surface area contributed by atoms with Crippen molar-refractivity contribution in [3.8, 4) is 11.5 Å². The highest BCUT2D eigenvalue weighted by molar-refractivity contribution is 5.70. The molecule has 0 bridgehead atoms. The maximum Gasteiger partial charge on any atom is 0.307 e. The molecular weight excluding hydrogens is 422 g/mol. The average molecular weight is 450 g/mol. The zero-order chi connectivity index (χ0) is 23.0. The summed E-state index contributed by atoms with van der Waals surface area (Å²) in [7, 11) is 0. The van der Waals surface area contributed by atoms with E-state index in [4.69, 9.17) is 14.6 Å². The van der Waals surface area contributed by atoms with Crippen LogP contribution in [0.25, 0.3) is 0 Å². The number of benzene rings is 1. The van der Waals surface area contributed by atoms with Gasteiger partial charge in [0.2, 0.25) is 0 Å². The number of carbonyl (C=O) groups is 1. The number of rotatable bonds is 9. The minimum atomic E-state index is -0.888. The Morgan fingerprint density at radius 1 is 1.15 bits per heavy atom. The van der Waals surface area contributed by atoms with Gasteiger partial charge in [0.15, 0.2) is 17.3 Å². The van der Waals surface area contributed by atoms with Crippen molar-refractivity contribution in [3.63, 3.8) is 0 Å². The summed E-state index contributed by atoms with van der Waals surface area (Å²) in [6.45, 7) is 4.11. The lowest BCUT2D eigenvalue weighted by atomic mass is 10.1. The first-order valence-electron chi connectivity index (χ1n) is 11.0. The number of aliphatic carboxylic acids is 1. The monoisotopic (exact) mass is 449 g/mol. The second-order valence-electron chi connectivity index (χ2n) is 7.72. The van der Waals surface area contributed by atoms with Gasteiger partial charge in [0.05, 0.1) is 32.0 Å². The lowest BCUT2D eigenvalue weighted by molar-refractivity contribution is -0.136. The van der Waals surface area contributed by atoms with E-state index < -0.39 is 5.97 Å². The molecule has 1 aliphatic rings. The third-order valence-corrected chi connectivity index (χ3v) is 5.20. The van der Waals surface area contributed by atoms with E-state index in [9.17, 15) is 4.79 Å². The van der Waals surface area contributed by atoms with E-state index in [0.717, 1.165) is 36.7 Å². The van der Waals surface area contributed by atoms with Crippen molar-refractivity contribution >= 4 is 23.4 Å². The van der Waals surface area contributed by atoms with E-state index in [1.54, 1.807) is 30.7 Å². The van der Waals surface area contributed by atoms with Gasteiger partial charge in [-0.2, -0.15) is 0 Å². The Morgan fingerprint density at radius 2 is 2.00 bits per heavy atom. The largest absolute Gasteiger partial charge is 0.490 e. The predicted molar refractivity (Wildman–Crippen MR) is 124 cm³/mol. The minimum Gasteiger partial charge on any atom is -0.490 e. The molecule has 9 heteroatoms. The Kier molecular flexibility index (Phi) is 7.19. The smallest absolute Gasteiger partial charge is 0.307 e. The van der Waals surface area contributed by atoms with Crippen molar-refractivity contribution in [2.24, 2.45) is 0 Å². The van der Waals surface area contributed by atoms with E-state index in [1.165, 1.54) is 0 Å². The summed E-state index contributed by atoms with van der Waals surface area (Å²) >= 11 is 0. The Balaban J connectivity index is 1.41. The first-order chi connectivity index (χ1) is 16.1. The van der Waals surface area contributed by atoms with E-state index in [-0.39, 0.29) is 12.5 Å². The van der Waals surface area contributed by atoms with Crippen molar-refractivity contribution < 1.29 is 19.4 Å². The maximum absolute atomic E-state index is 10.8. The van der Waals surface area contributed by atoms with Crippen LogP contribution in [0.15, 0.2) is 55.0 Å². The molecule has 1 fully saturated rings. The molecule has 0 amide bonds. The number of carboxylic acid groups (broad SMARTS) is 1. The molecule has 172 valence electrons. The summed E-state index contributed by atoms with van der Waals surface area (Å²) in [5, 5.41) is 12.0. The van der Waals surface area contributed by atoms with Gasteiger partial charge < -0.3 is 24.8 Å². The van der Waals surface area contributed by atoms with Crippen LogP contribution >= 0.6 is 0 Å². The average Bonchev–Trinajstić information content (AvgIpc) is 2.82. The highest BCUT2D eigenvalue weighted by Crippen LogP contribution is 2.30. The molecule has 1 unspecified atom stereocenters. The van der Waals surface area contributed by atoms with Crippen molar-refractivity contribution in [3.05, 3.63) is 60.6 Å². The summed E-state index contributed by atoms with van der Waals surface area (Å²) in [5.74, 6) is 2.52. The van der Waals surface area contributed by atoms with Crippen LogP contribution in [0.1, 0.15) is 25.3 Å². The number of ether oxygens (including phenoxy) is 2. The quantitative estimate of drug-likeness (QED) is 0.505. The van der Waals surface area contributed by atoms with Crippen LogP contribution in [0.2, 0.25) is 0 Å². The first kappa shape index (κ1) is 22.3. The molecule has 0 radical (unpaired) electrons. The number of nitrogens with zero attached hydrogens (tertiary/aromatic N) is 4. The second-order valence-corrected chi connectivity index (χ2v) is 7.72. The van der Waals surface area contributed by atoms with E-state index >= 15 is 0 Å². The zero-order valence-electron chi connectivity index (χ0n) is 18.5. The number of pyridine rings is 1. The van der Waals surface area contributed by atoms with Crippen molar-refractivity contribution in [2.45, 2.75) is 32.3 Å². The number of anilines is 3. The molecule has 1 aliphatic heterocycles. The fraction of sp³-hybridized carbons (Fsp3) is 0.333. The topological polar surface area (TPSA) is 110 Å². The van der Waals surface area contributed by atoms with Gasteiger partial charge in [-0.3, -0.25) is 9.78 Å². The highest BCUT2D eigenvalue weighted by Gasteiger charge is 2.24. The van der Waals surface area contributed by atoms with E-state index in [0.29, 0.717) is 30.4 Å². The fourth-order valence-corrected chi connectivity index (χ4v) is 3.72. The SMILES string of the molecule is CCOc1ccccc1OC1CCCN(c2cncc(Nc3ccc(CC(=O)O)cn3)n2)C1. The van der Waals surface area contributed by atoms with Crippen molar-refractivity contribution in [1.82, 2.24) is 15.0 Å². The second kappa shape index (κ2) is 10.6. The van der Waals surface area contributed by atoms with Gasteiger partial charge in [-0.25, -0.2) is 9.97 Å². The lowest BCUT2D eigenvalue weighted by Crippen LogP contribution is -2.41. The molecule has 2 aromatic heterocycles. The number of hydrogen-bond donors (Lipinski definition) is 2. The van der Waals surface area contributed by atoms with Crippen LogP contribution in [-0.4, -0.2) is 51.8 Å². The first-order valence-corrected chi connectivity index (χ1v) is 11.0. The number of piperidine rings is 1. The Bertz CT molecular complexity index is 1080. The minimum absolute atomic E-state index is 0.0159. The van der Waals surface area contributed by atoms with E-state index in [1.807, 2.05) is 31.2 Å². The molecule has 3 heterocycles. The Hall–Kier alpha value is -3.88. The molecular formula is C24H27N5O4. The van der Waals surface area contributed by atoms with Crippen molar-refractivity contribution in [1.29, 1.82) is 0 Å². The third kappa shape index (κ3) is 6.09. The van der Waals surface area contributed by atoms with Gasteiger partial charge in [-0.05, 0) is 43.5 Å². The number of carboxylic acids is 1. The number of nitrogens with one attached hydrogen (secondary N) is 1. The lowest BCUT2D eigenvalue weighted by Gasteiger charge is -2.33. The van der Waals surface area contributed by atoms with Gasteiger partial charge in [0, 0.05) is 12.7 Å². The maximum atomic E-state index is 10.8. The molecule has 2 N–H and O–H groups in total. The number of hydrogen-bond acceptors (Lipinski definition) is 8. The van der Waals surface area contributed by atoms with Gasteiger partial charge in [-0.15, -0.1) is 0 Å². The summed E-state index contributed by atoms with van der Waals surface area (Å²) in [6.07, 6.45) is 6.80. The molecule has 1 aromatic carbocycles. The van der Waals surface area contributed by atoms with Gasteiger partial charge in [0.1, 0.15) is 17.7 Å². The predicted octanol–water partition coefficient (Wildman–Crippen LogP) is 3.69. The Labute approximate surface area is 192 Å². The molecule has 4 rings (SSSR count). The molecule has 1 atom stereocenters. The summed E-state index contributed by atoms with van der Waals surface area (Å²) in [4.78, 5) is 26.3. The highest BCUT2D eigenvalue weighted by atomic mass is 16.5. The number of aromatic nitrogens is 3. The van der Waals surface area contributed by atoms with Gasteiger partial charge >= 0.3 is 5.97 Å². The summed E-state index contributed by atoms with van der Waals surface area (Å²) in [6, 6.07) is 11.2. The standard InChI is InChI=1S/C24H27N5O4/c1-2-32-19-7-3-4-8-20(19)33-18-6-5-11-29(16-18)23-15-25-14-22(28-23)27-21-10-9-17(13-26-21)12-24(30)31/h3-4,7-10,13-15,18H,2,5-6,11-12,16H2,1H3,(H,30,31)(H,26,27,28).